The number of hydrogen-bond acceptors (Lipinski definition) is 2. The summed E-state index contributed by atoms with van der Waals surface area (Å²) in [5.41, 5.74) is 4.08. The molecule has 0 spiro atoms. The third kappa shape index (κ3) is 3.11. The van der Waals surface area contributed by atoms with Gasteiger partial charge in [0.05, 0.1) is 6.61 Å². The standard InChI is InChI=1S/C19H23NO/c1-14-7-3-4-8-17(14)15(2)20-13-16-11-12-21-19-10-6-5-9-18(16)19/h3-10,15-16,20H,11-13H2,1-2H3/t15-,16?/m0/s1. The van der Waals surface area contributed by atoms with Crippen LogP contribution in [-0.2, 0) is 0 Å². The van der Waals surface area contributed by atoms with Crippen molar-refractivity contribution < 1.29 is 4.74 Å². The molecule has 1 aliphatic rings. The Hall–Kier alpha value is -1.80. The summed E-state index contributed by atoms with van der Waals surface area (Å²) in [6, 6.07) is 17.4. The molecule has 3 rings (SSSR count). The fourth-order valence-corrected chi connectivity index (χ4v) is 3.13. The highest BCUT2D eigenvalue weighted by Gasteiger charge is 2.21. The van der Waals surface area contributed by atoms with Gasteiger partial charge in [0.15, 0.2) is 0 Å². The van der Waals surface area contributed by atoms with Crippen LogP contribution in [0.4, 0.5) is 0 Å². The lowest BCUT2D eigenvalue weighted by atomic mass is 9.92. The van der Waals surface area contributed by atoms with Gasteiger partial charge in [-0.15, -0.1) is 0 Å². The number of benzene rings is 2. The van der Waals surface area contributed by atoms with Crippen LogP contribution in [0.2, 0.25) is 0 Å². The van der Waals surface area contributed by atoms with E-state index >= 15 is 0 Å². The third-order valence-electron chi connectivity index (χ3n) is 4.41. The number of nitrogens with one attached hydrogen (secondary N) is 1. The zero-order valence-corrected chi connectivity index (χ0v) is 12.8. The van der Waals surface area contributed by atoms with Crippen molar-refractivity contribution in [1.29, 1.82) is 0 Å². The van der Waals surface area contributed by atoms with Crippen LogP contribution in [0.5, 0.6) is 5.75 Å². The Balaban J connectivity index is 1.67. The molecule has 2 aromatic carbocycles. The van der Waals surface area contributed by atoms with Crippen LogP contribution in [0.3, 0.4) is 0 Å². The summed E-state index contributed by atoms with van der Waals surface area (Å²) in [6.07, 6.45) is 1.09. The lowest BCUT2D eigenvalue weighted by Gasteiger charge is -2.27. The maximum atomic E-state index is 5.74. The molecule has 0 fully saturated rings. The topological polar surface area (TPSA) is 21.3 Å². The van der Waals surface area contributed by atoms with Crippen molar-refractivity contribution in [2.24, 2.45) is 0 Å². The number of hydrogen-bond donors (Lipinski definition) is 1. The molecule has 1 aliphatic heterocycles. The first-order valence-corrected chi connectivity index (χ1v) is 7.76. The van der Waals surface area contributed by atoms with E-state index in [0.717, 1.165) is 25.3 Å². The smallest absolute Gasteiger partial charge is 0.122 e. The summed E-state index contributed by atoms with van der Waals surface area (Å²) in [5, 5.41) is 3.69. The average Bonchev–Trinajstić information content (AvgIpc) is 2.53. The van der Waals surface area contributed by atoms with Gasteiger partial charge in [0.1, 0.15) is 5.75 Å². The Morgan fingerprint density at radius 3 is 2.76 bits per heavy atom. The molecule has 21 heavy (non-hydrogen) atoms. The fourth-order valence-electron chi connectivity index (χ4n) is 3.13. The fraction of sp³-hybridized carbons (Fsp3) is 0.368. The molecule has 0 bridgehead atoms. The maximum Gasteiger partial charge on any atom is 0.122 e. The molecule has 0 saturated carbocycles. The lowest BCUT2D eigenvalue weighted by Crippen LogP contribution is -2.28. The minimum absolute atomic E-state index is 0.376. The van der Waals surface area contributed by atoms with E-state index < -0.39 is 0 Å². The predicted molar refractivity (Wildman–Crippen MR) is 86.9 cm³/mol. The largest absolute Gasteiger partial charge is 0.493 e. The molecule has 1 N–H and O–H groups in total. The van der Waals surface area contributed by atoms with Gasteiger partial charge in [-0.3, -0.25) is 0 Å². The molecule has 0 saturated heterocycles. The van der Waals surface area contributed by atoms with E-state index in [9.17, 15) is 0 Å². The van der Waals surface area contributed by atoms with Crippen molar-refractivity contribution >= 4 is 0 Å². The molecule has 2 nitrogen and oxygen atoms in total. The highest BCUT2D eigenvalue weighted by molar-refractivity contribution is 5.38. The van der Waals surface area contributed by atoms with Gasteiger partial charge in [-0.2, -0.15) is 0 Å². The van der Waals surface area contributed by atoms with E-state index in [-0.39, 0.29) is 0 Å². The Morgan fingerprint density at radius 2 is 1.90 bits per heavy atom. The zero-order chi connectivity index (χ0) is 14.7. The van der Waals surface area contributed by atoms with Gasteiger partial charge < -0.3 is 10.1 Å². The third-order valence-corrected chi connectivity index (χ3v) is 4.41. The van der Waals surface area contributed by atoms with E-state index in [0.29, 0.717) is 12.0 Å². The van der Waals surface area contributed by atoms with Gasteiger partial charge in [0.25, 0.3) is 0 Å². The zero-order valence-electron chi connectivity index (χ0n) is 12.8. The SMILES string of the molecule is Cc1ccccc1[C@H](C)NCC1CCOc2ccccc21. The molecule has 1 heterocycles. The van der Waals surface area contributed by atoms with Gasteiger partial charge in [0.2, 0.25) is 0 Å². The normalized spacial score (nSPS) is 18.7. The number of para-hydroxylation sites is 1. The average molecular weight is 281 g/mol. The van der Waals surface area contributed by atoms with E-state index in [1.165, 1.54) is 16.7 Å². The molecule has 2 atom stereocenters. The van der Waals surface area contributed by atoms with E-state index in [1.54, 1.807) is 0 Å². The summed E-state index contributed by atoms with van der Waals surface area (Å²) in [7, 11) is 0. The minimum Gasteiger partial charge on any atom is -0.493 e. The molecule has 0 amide bonds. The van der Waals surface area contributed by atoms with Crippen LogP contribution in [0.25, 0.3) is 0 Å². The number of ether oxygens (including phenoxy) is 1. The van der Waals surface area contributed by atoms with Gasteiger partial charge in [0, 0.05) is 18.5 Å². The molecule has 0 aliphatic carbocycles. The second-order valence-corrected chi connectivity index (χ2v) is 5.86. The van der Waals surface area contributed by atoms with Crippen LogP contribution in [0, 0.1) is 6.92 Å². The van der Waals surface area contributed by atoms with Crippen molar-refractivity contribution in [1.82, 2.24) is 5.32 Å². The van der Waals surface area contributed by atoms with Crippen LogP contribution >= 0.6 is 0 Å². The predicted octanol–water partition coefficient (Wildman–Crippen LogP) is 4.21. The first-order valence-electron chi connectivity index (χ1n) is 7.76. The summed E-state index contributed by atoms with van der Waals surface area (Å²) in [6.45, 7) is 6.24. The van der Waals surface area contributed by atoms with Crippen molar-refractivity contribution in [3.8, 4) is 5.75 Å². The molecular formula is C19H23NO. The van der Waals surface area contributed by atoms with E-state index in [1.807, 2.05) is 6.07 Å². The second kappa shape index (κ2) is 6.31. The van der Waals surface area contributed by atoms with Crippen molar-refractivity contribution in [3.05, 3.63) is 65.2 Å². The maximum absolute atomic E-state index is 5.74. The van der Waals surface area contributed by atoms with E-state index in [2.05, 4.69) is 61.6 Å². The Labute approximate surface area is 127 Å². The van der Waals surface area contributed by atoms with Gasteiger partial charge >= 0.3 is 0 Å². The molecule has 1 unspecified atom stereocenters. The lowest BCUT2D eigenvalue weighted by molar-refractivity contribution is 0.263. The molecule has 2 aromatic rings. The number of aryl methyl sites for hydroxylation is 1. The quantitative estimate of drug-likeness (QED) is 0.906. The summed E-state index contributed by atoms with van der Waals surface area (Å²) >= 11 is 0. The van der Waals surface area contributed by atoms with Gasteiger partial charge in [-0.1, -0.05) is 42.5 Å². The number of rotatable bonds is 4. The minimum atomic E-state index is 0.376. The highest BCUT2D eigenvalue weighted by Crippen LogP contribution is 2.33. The molecular weight excluding hydrogens is 258 g/mol. The van der Waals surface area contributed by atoms with Crippen molar-refractivity contribution in [2.75, 3.05) is 13.2 Å². The van der Waals surface area contributed by atoms with Gasteiger partial charge in [-0.25, -0.2) is 0 Å². The monoisotopic (exact) mass is 281 g/mol. The molecule has 0 radical (unpaired) electrons. The highest BCUT2D eigenvalue weighted by atomic mass is 16.5. The second-order valence-electron chi connectivity index (χ2n) is 5.86. The summed E-state index contributed by atoms with van der Waals surface area (Å²) in [5.74, 6) is 1.60. The molecule has 0 aromatic heterocycles. The Bertz CT molecular complexity index is 608. The number of fused-ring (bicyclic) bond motifs is 1. The van der Waals surface area contributed by atoms with Crippen LogP contribution in [0.1, 0.15) is 42.0 Å². The molecule has 110 valence electrons. The van der Waals surface area contributed by atoms with Crippen LogP contribution in [0.15, 0.2) is 48.5 Å². The Morgan fingerprint density at radius 1 is 1.14 bits per heavy atom. The van der Waals surface area contributed by atoms with Crippen molar-refractivity contribution in [3.63, 3.8) is 0 Å². The Kier molecular flexibility index (Phi) is 4.26. The van der Waals surface area contributed by atoms with Crippen LogP contribution < -0.4 is 10.1 Å². The van der Waals surface area contributed by atoms with Crippen molar-refractivity contribution in [2.45, 2.75) is 32.2 Å². The first-order chi connectivity index (χ1) is 10.3. The van der Waals surface area contributed by atoms with Gasteiger partial charge in [-0.05, 0) is 43.0 Å². The summed E-state index contributed by atoms with van der Waals surface area (Å²) < 4.78 is 5.74. The van der Waals surface area contributed by atoms with Crippen LogP contribution in [-0.4, -0.2) is 13.2 Å². The summed E-state index contributed by atoms with van der Waals surface area (Å²) in [4.78, 5) is 0. The van der Waals surface area contributed by atoms with E-state index in [4.69, 9.17) is 4.74 Å². The molecule has 2 heteroatoms. The first kappa shape index (κ1) is 14.2.